The highest BCUT2D eigenvalue weighted by molar-refractivity contribution is 7.97. The Hall–Kier alpha value is -1.35. The van der Waals surface area contributed by atoms with E-state index in [1.54, 1.807) is 18.1 Å². The predicted octanol–water partition coefficient (Wildman–Crippen LogP) is 1.71. The first-order valence-corrected chi connectivity index (χ1v) is 9.33. The molecule has 1 fully saturated rings. The fourth-order valence-electron chi connectivity index (χ4n) is 2.60. The van der Waals surface area contributed by atoms with Crippen molar-refractivity contribution >= 4 is 46.2 Å². The zero-order chi connectivity index (χ0) is 16.9. The van der Waals surface area contributed by atoms with Gasteiger partial charge in [0.2, 0.25) is 5.95 Å². The Kier molecular flexibility index (Phi) is 5.94. The number of hydrogen-bond acceptors (Lipinski definition) is 8. The van der Waals surface area contributed by atoms with E-state index in [2.05, 4.69) is 36.9 Å². The lowest BCUT2D eigenvalue weighted by Gasteiger charge is -2.32. The summed E-state index contributed by atoms with van der Waals surface area (Å²) in [6.45, 7) is 4.69. The van der Waals surface area contributed by atoms with Crippen molar-refractivity contribution in [2.24, 2.45) is 0 Å². The van der Waals surface area contributed by atoms with Crippen molar-refractivity contribution in [3.05, 3.63) is 17.4 Å². The molecular weight excluding hydrogens is 346 g/mol. The molecule has 9 heteroatoms. The van der Waals surface area contributed by atoms with E-state index in [4.69, 9.17) is 16.6 Å². The number of halogens is 1. The molecule has 0 amide bonds. The number of nitrogens with one attached hydrogen (secondary N) is 2. The molecule has 3 rings (SSSR count). The molecule has 0 atom stereocenters. The Morgan fingerprint density at radius 2 is 2.04 bits per heavy atom. The molecule has 130 valence electrons. The molecule has 1 saturated heterocycles. The van der Waals surface area contributed by atoms with Crippen LogP contribution in [0.5, 0.6) is 0 Å². The van der Waals surface area contributed by atoms with Crippen LogP contribution >= 0.6 is 23.5 Å². The van der Waals surface area contributed by atoms with Gasteiger partial charge in [-0.15, -0.1) is 0 Å². The van der Waals surface area contributed by atoms with Crippen molar-refractivity contribution in [3.8, 4) is 0 Å². The number of hydrogen-bond donors (Lipinski definition) is 2. The summed E-state index contributed by atoms with van der Waals surface area (Å²) in [5.74, 6) is 2.50. The van der Waals surface area contributed by atoms with E-state index in [-0.39, 0.29) is 0 Å². The largest absolute Gasteiger partial charge is 0.369 e. The first-order chi connectivity index (χ1) is 11.7. The molecule has 0 saturated carbocycles. The highest BCUT2D eigenvalue weighted by Gasteiger charge is 2.18. The molecule has 7 nitrogen and oxygen atoms in total. The summed E-state index contributed by atoms with van der Waals surface area (Å²) in [5, 5.41) is 4.76. The fourth-order valence-corrected chi connectivity index (χ4v) is 3.17. The minimum absolute atomic E-state index is 0.450. The second kappa shape index (κ2) is 8.15. The van der Waals surface area contributed by atoms with Gasteiger partial charge < -0.3 is 15.1 Å². The first-order valence-electron chi connectivity index (χ1n) is 7.96. The van der Waals surface area contributed by atoms with E-state index in [1.165, 1.54) is 0 Å². The fraction of sp³-hybridized carbons (Fsp3) is 0.533. The highest BCUT2D eigenvalue weighted by atomic mass is 35.5. The van der Waals surface area contributed by atoms with Gasteiger partial charge in [0.25, 0.3) is 0 Å². The summed E-state index contributed by atoms with van der Waals surface area (Å²) >= 11 is 7.71. The maximum Gasteiger partial charge on any atom is 0.228 e. The van der Waals surface area contributed by atoms with Gasteiger partial charge in [-0.1, -0.05) is 23.5 Å². The summed E-state index contributed by atoms with van der Waals surface area (Å²) in [5.41, 5.74) is 0.812. The highest BCUT2D eigenvalue weighted by Crippen LogP contribution is 2.25. The van der Waals surface area contributed by atoms with Crippen LogP contribution in [-0.4, -0.2) is 72.4 Å². The van der Waals surface area contributed by atoms with E-state index in [1.807, 2.05) is 13.1 Å². The lowest BCUT2D eigenvalue weighted by molar-refractivity contribution is 0.311. The molecule has 0 aromatic carbocycles. The lowest BCUT2D eigenvalue weighted by Crippen LogP contribution is -2.45. The van der Waals surface area contributed by atoms with Gasteiger partial charge in [0.1, 0.15) is 11.0 Å². The van der Waals surface area contributed by atoms with Crippen molar-refractivity contribution < 1.29 is 0 Å². The molecule has 0 aliphatic carbocycles. The Morgan fingerprint density at radius 1 is 1.25 bits per heavy atom. The van der Waals surface area contributed by atoms with Gasteiger partial charge in [0.05, 0.1) is 11.7 Å². The second-order valence-corrected chi connectivity index (χ2v) is 7.16. The zero-order valence-corrected chi connectivity index (χ0v) is 15.5. The van der Waals surface area contributed by atoms with Crippen LogP contribution in [-0.2, 0) is 0 Å². The average molecular weight is 368 g/mol. The molecule has 2 aromatic rings. The summed E-state index contributed by atoms with van der Waals surface area (Å²) in [7, 11) is 4.05. The maximum atomic E-state index is 6.05. The number of anilines is 2. The van der Waals surface area contributed by atoms with Crippen LogP contribution in [0.4, 0.5) is 11.8 Å². The number of piperazine rings is 1. The van der Waals surface area contributed by atoms with E-state index in [0.29, 0.717) is 5.15 Å². The molecule has 2 aromatic heterocycles. The number of pyridine rings is 1. The van der Waals surface area contributed by atoms with Crippen molar-refractivity contribution in [3.63, 3.8) is 0 Å². The van der Waals surface area contributed by atoms with E-state index >= 15 is 0 Å². The molecular formula is C15H22ClN7S. The van der Waals surface area contributed by atoms with Crippen molar-refractivity contribution in [2.75, 3.05) is 62.8 Å². The van der Waals surface area contributed by atoms with Gasteiger partial charge in [0.15, 0.2) is 0 Å². The molecule has 0 bridgehead atoms. The third kappa shape index (κ3) is 4.18. The van der Waals surface area contributed by atoms with Gasteiger partial charge in [0, 0.05) is 43.9 Å². The Morgan fingerprint density at radius 3 is 2.79 bits per heavy atom. The van der Waals surface area contributed by atoms with Crippen molar-refractivity contribution in [1.82, 2.24) is 24.6 Å². The third-order valence-corrected chi connectivity index (χ3v) is 4.87. The van der Waals surface area contributed by atoms with Crippen LogP contribution in [0, 0.1) is 0 Å². The predicted molar refractivity (Wildman–Crippen MR) is 102 cm³/mol. The van der Waals surface area contributed by atoms with Gasteiger partial charge in [-0.25, -0.2) is 9.97 Å². The number of nitrogens with zero attached hydrogens (tertiary/aromatic N) is 5. The van der Waals surface area contributed by atoms with Crippen LogP contribution in [0.1, 0.15) is 0 Å². The van der Waals surface area contributed by atoms with E-state index in [9.17, 15) is 0 Å². The molecule has 0 spiro atoms. The van der Waals surface area contributed by atoms with Gasteiger partial charge in [-0.2, -0.15) is 4.98 Å². The number of aromatic nitrogens is 3. The Balaban J connectivity index is 1.88. The quantitative estimate of drug-likeness (QED) is 0.454. The third-order valence-electron chi connectivity index (χ3n) is 3.96. The molecule has 24 heavy (non-hydrogen) atoms. The standard InChI is InChI=1S/C15H22ClN7S/c1-17-24-8-3-18-14-11-9-13(16)19-10-12(11)20-15(21-14)23-6-4-22(2)5-7-23/h9-10,17H,3-8H2,1-2H3,(H,18,20,21). The Labute approximate surface area is 151 Å². The van der Waals surface area contributed by atoms with Gasteiger partial charge >= 0.3 is 0 Å². The summed E-state index contributed by atoms with van der Waals surface area (Å²) in [6, 6.07) is 1.82. The van der Waals surface area contributed by atoms with Crippen LogP contribution < -0.4 is 14.9 Å². The first kappa shape index (κ1) is 17.5. The molecule has 2 N–H and O–H groups in total. The smallest absolute Gasteiger partial charge is 0.228 e. The van der Waals surface area contributed by atoms with Gasteiger partial charge in [-0.3, -0.25) is 4.72 Å². The Bertz CT molecular complexity index is 691. The normalized spacial score (nSPS) is 15.9. The summed E-state index contributed by atoms with van der Waals surface area (Å²) < 4.78 is 3.07. The van der Waals surface area contributed by atoms with Crippen molar-refractivity contribution in [2.45, 2.75) is 0 Å². The monoisotopic (exact) mass is 367 g/mol. The van der Waals surface area contributed by atoms with Gasteiger partial charge in [-0.05, 0) is 20.2 Å². The average Bonchev–Trinajstić information content (AvgIpc) is 2.59. The number of rotatable bonds is 6. The topological polar surface area (TPSA) is 69.2 Å². The van der Waals surface area contributed by atoms with Crippen LogP contribution in [0.25, 0.3) is 10.9 Å². The minimum Gasteiger partial charge on any atom is -0.369 e. The minimum atomic E-state index is 0.450. The molecule has 0 radical (unpaired) electrons. The molecule has 3 heterocycles. The summed E-state index contributed by atoms with van der Waals surface area (Å²) in [6.07, 6.45) is 1.71. The summed E-state index contributed by atoms with van der Waals surface area (Å²) in [4.78, 5) is 18.1. The van der Waals surface area contributed by atoms with E-state index in [0.717, 1.165) is 61.1 Å². The van der Waals surface area contributed by atoms with Crippen LogP contribution in [0.2, 0.25) is 5.15 Å². The van der Waals surface area contributed by atoms with Crippen molar-refractivity contribution in [1.29, 1.82) is 0 Å². The molecule has 1 aliphatic heterocycles. The SMILES string of the molecule is CNSCCNc1nc(N2CCN(C)CC2)nc2cnc(Cl)cc12. The number of fused-ring (bicyclic) bond motifs is 1. The van der Waals surface area contributed by atoms with E-state index < -0.39 is 0 Å². The van der Waals surface area contributed by atoms with Crippen LogP contribution in [0.15, 0.2) is 12.3 Å². The maximum absolute atomic E-state index is 6.05. The zero-order valence-electron chi connectivity index (χ0n) is 13.9. The van der Waals surface area contributed by atoms with Crippen LogP contribution in [0.3, 0.4) is 0 Å². The molecule has 0 unspecified atom stereocenters. The molecule has 1 aliphatic rings. The number of likely N-dealkylation sites (N-methyl/N-ethyl adjacent to an activating group) is 1. The second-order valence-electron chi connectivity index (χ2n) is 5.67. The lowest BCUT2D eigenvalue weighted by atomic mass is 10.3.